The van der Waals surface area contributed by atoms with Gasteiger partial charge in [-0.1, -0.05) is 25.7 Å². The lowest BCUT2D eigenvalue weighted by atomic mass is 9.94. The van der Waals surface area contributed by atoms with Crippen LogP contribution in [0.5, 0.6) is 5.75 Å². The smallest absolute Gasteiger partial charge is 0.257 e. The predicted octanol–water partition coefficient (Wildman–Crippen LogP) is 3.18. The van der Waals surface area contributed by atoms with Gasteiger partial charge in [0.2, 0.25) is 0 Å². The summed E-state index contributed by atoms with van der Waals surface area (Å²) in [6.07, 6.45) is 5.03. The molecule has 0 aliphatic heterocycles. The number of amides is 1. The lowest BCUT2D eigenvalue weighted by Gasteiger charge is -2.26. The van der Waals surface area contributed by atoms with Gasteiger partial charge in [-0.2, -0.15) is 0 Å². The van der Waals surface area contributed by atoms with Crippen molar-refractivity contribution in [3.63, 3.8) is 0 Å². The van der Waals surface area contributed by atoms with Crippen LogP contribution in [0.1, 0.15) is 55.8 Å². The van der Waals surface area contributed by atoms with E-state index in [9.17, 15) is 18.7 Å². The third kappa shape index (κ3) is 4.41. The monoisotopic (exact) mass is 327 g/mol. The van der Waals surface area contributed by atoms with Crippen LogP contribution >= 0.6 is 0 Å². The number of carbonyl (C=O) groups is 1. The van der Waals surface area contributed by atoms with Crippen molar-refractivity contribution >= 4 is 5.91 Å². The van der Waals surface area contributed by atoms with Gasteiger partial charge in [-0.15, -0.1) is 0 Å². The van der Waals surface area contributed by atoms with Gasteiger partial charge in [-0.05, 0) is 31.9 Å². The van der Waals surface area contributed by atoms with Crippen LogP contribution in [0.25, 0.3) is 0 Å². The van der Waals surface area contributed by atoms with Crippen molar-refractivity contribution in [1.29, 1.82) is 0 Å². The maximum absolute atomic E-state index is 14.2. The minimum absolute atomic E-state index is 0.0103. The molecule has 1 aliphatic rings. The summed E-state index contributed by atoms with van der Waals surface area (Å²) in [7, 11) is 0. The highest BCUT2D eigenvalue weighted by Crippen LogP contribution is 2.27. The highest BCUT2D eigenvalue weighted by molar-refractivity contribution is 5.95. The number of aliphatic hydroxyl groups is 1. The van der Waals surface area contributed by atoms with Crippen molar-refractivity contribution in [3.05, 3.63) is 29.3 Å². The van der Waals surface area contributed by atoms with Crippen LogP contribution < -0.4 is 10.1 Å². The van der Waals surface area contributed by atoms with Gasteiger partial charge in [-0.25, -0.2) is 8.78 Å². The zero-order valence-electron chi connectivity index (χ0n) is 13.3. The molecule has 2 N–H and O–H groups in total. The van der Waals surface area contributed by atoms with E-state index in [2.05, 4.69) is 5.32 Å². The summed E-state index contributed by atoms with van der Waals surface area (Å²) in [4.78, 5) is 12.2. The van der Waals surface area contributed by atoms with Crippen LogP contribution in [0.4, 0.5) is 8.78 Å². The highest BCUT2D eigenvalue weighted by atomic mass is 19.1. The standard InChI is InChI=1S/C17H23F2NO3/c1-2-23-13-8-7-12(18)14(15(13)19)16(21)20-11-17(22)9-5-3-4-6-10-17/h7-8,22H,2-6,9-11H2,1H3,(H,20,21). The Bertz CT molecular complexity index is 555. The second-order valence-electron chi connectivity index (χ2n) is 5.99. The molecule has 128 valence electrons. The molecule has 1 aromatic carbocycles. The zero-order valence-corrected chi connectivity index (χ0v) is 13.3. The summed E-state index contributed by atoms with van der Waals surface area (Å²) < 4.78 is 33.1. The maximum atomic E-state index is 14.2. The Morgan fingerprint density at radius 2 is 1.91 bits per heavy atom. The second kappa shape index (κ2) is 7.73. The first-order valence-corrected chi connectivity index (χ1v) is 8.08. The molecule has 1 aromatic rings. The topological polar surface area (TPSA) is 58.6 Å². The van der Waals surface area contributed by atoms with Gasteiger partial charge in [0.15, 0.2) is 11.6 Å². The Hall–Kier alpha value is -1.69. The minimum Gasteiger partial charge on any atom is -0.491 e. The van der Waals surface area contributed by atoms with E-state index in [-0.39, 0.29) is 18.9 Å². The van der Waals surface area contributed by atoms with E-state index in [1.807, 2.05) is 0 Å². The summed E-state index contributed by atoms with van der Waals surface area (Å²) >= 11 is 0. The Morgan fingerprint density at radius 1 is 1.26 bits per heavy atom. The SMILES string of the molecule is CCOc1ccc(F)c(C(=O)NCC2(O)CCCCCC2)c1F. The highest BCUT2D eigenvalue weighted by Gasteiger charge is 2.30. The van der Waals surface area contributed by atoms with Crippen LogP contribution in [-0.2, 0) is 0 Å². The van der Waals surface area contributed by atoms with E-state index < -0.39 is 28.7 Å². The third-order valence-electron chi connectivity index (χ3n) is 4.19. The summed E-state index contributed by atoms with van der Waals surface area (Å²) in [5, 5.41) is 13.0. The molecule has 0 radical (unpaired) electrons. The molecule has 0 spiro atoms. The molecule has 0 heterocycles. The summed E-state index contributed by atoms with van der Waals surface area (Å²) in [6.45, 7) is 1.87. The second-order valence-corrected chi connectivity index (χ2v) is 5.99. The largest absolute Gasteiger partial charge is 0.491 e. The van der Waals surface area contributed by atoms with E-state index in [1.165, 1.54) is 0 Å². The molecule has 0 aromatic heterocycles. The van der Waals surface area contributed by atoms with Gasteiger partial charge in [0.25, 0.3) is 5.91 Å². The van der Waals surface area contributed by atoms with Gasteiger partial charge >= 0.3 is 0 Å². The van der Waals surface area contributed by atoms with Gasteiger partial charge in [0.05, 0.1) is 12.2 Å². The average molecular weight is 327 g/mol. The van der Waals surface area contributed by atoms with E-state index in [0.717, 1.165) is 37.8 Å². The first-order chi connectivity index (χ1) is 11.0. The number of hydrogen-bond donors (Lipinski definition) is 2. The van der Waals surface area contributed by atoms with Crippen molar-refractivity contribution in [2.24, 2.45) is 0 Å². The van der Waals surface area contributed by atoms with Gasteiger partial charge in [-0.3, -0.25) is 4.79 Å². The summed E-state index contributed by atoms with van der Waals surface area (Å²) in [6, 6.07) is 2.16. The molecule has 0 saturated heterocycles. The molecule has 1 aliphatic carbocycles. The van der Waals surface area contributed by atoms with Crippen LogP contribution in [0.3, 0.4) is 0 Å². The lowest BCUT2D eigenvalue weighted by molar-refractivity contribution is 0.0245. The van der Waals surface area contributed by atoms with E-state index in [1.54, 1.807) is 6.92 Å². The fraction of sp³-hybridized carbons (Fsp3) is 0.588. The quantitative estimate of drug-likeness (QED) is 0.817. The number of ether oxygens (including phenoxy) is 1. The maximum Gasteiger partial charge on any atom is 0.257 e. The normalized spacial score (nSPS) is 17.4. The molecule has 2 rings (SSSR count). The molecule has 0 atom stereocenters. The Labute approximate surface area is 134 Å². The fourth-order valence-corrected chi connectivity index (χ4v) is 2.91. The minimum atomic E-state index is -1.02. The Balaban J connectivity index is 2.09. The van der Waals surface area contributed by atoms with Crippen LogP contribution in [0.15, 0.2) is 12.1 Å². The molecule has 1 saturated carbocycles. The lowest BCUT2D eigenvalue weighted by Crippen LogP contribution is -2.43. The molecule has 23 heavy (non-hydrogen) atoms. The molecule has 6 heteroatoms. The van der Waals surface area contributed by atoms with Crippen molar-refractivity contribution in [2.45, 2.75) is 51.0 Å². The number of rotatable bonds is 5. The average Bonchev–Trinajstić information content (AvgIpc) is 2.74. The predicted molar refractivity (Wildman–Crippen MR) is 82.5 cm³/mol. The molecule has 1 fully saturated rings. The van der Waals surface area contributed by atoms with Crippen LogP contribution in [0, 0.1) is 11.6 Å². The molecule has 4 nitrogen and oxygen atoms in total. The molecule has 0 unspecified atom stereocenters. The number of nitrogens with one attached hydrogen (secondary N) is 1. The van der Waals surface area contributed by atoms with Gasteiger partial charge < -0.3 is 15.2 Å². The van der Waals surface area contributed by atoms with Crippen molar-refractivity contribution in [3.8, 4) is 5.75 Å². The van der Waals surface area contributed by atoms with Crippen LogP contribution in [0.2, 0.25) is 0 Å². The Morgan fingerprint density at radius 3 is 2.52 bits per heavy atom. The van der Waals surface area contributed by atoms with Crippen LogP contribution in [-0.4, -0.2) is 29.8 Å². The summed E-state index contributed by atoms with van der Waals surface area (Å²) in [5.41, 5.74) is -1.68. The van der Waals surface area contributed by atoms with Crippen molar-refractivity contribution < 1.29 is 23.4 Å². The van der Waals surface area contributed by atoms with Crippen molar-refractivity contribution in [1.82, 2.24) is 5.32 Å². The number of hydrogen-bond acceptors (Lipinski definition) is 3. The zero-order chi connectivity index (χ0) is 16.9. The van der Waals surface area contributed by atoms with Gasteiger partial charge in [0, 0.05) is 6.54 Å². The molecule has 1 amide bonds. The molecular weight excluding hydrogens is 304 g/mol. The number of carbonyl (C=O) groups excluding carboxylic acids is 1. The van der Waals surface area contributed by atoms with Crippen molar-refractivity contribution in [2.75, 3.05) is 13.2 Å². The molecular formula is C17H23F2NO3. The first kappa shape index (κ1) is 17.7. The number of halogens is 2. The molecule has 0 bridgehead atoms. The first-order valence-electron chi connectivity index (χ1n) is 8.08. The van der Waals surface area contributed by atoms with E-state index >= 15 is 0 Å². The number of benzene rings is 1. The summed E-state index contributed by atoms with van der Waals surface area (Å²) in [5.74, 6) is -3.00. The van der Waals surface area contributed by atoms with Gasteiger partial charge in [0.1, 0.15) is 11.4 Å². The van der Waals surface area contributed by atoms with E-state index in [4.69, 9.17) is 4.74 Å². The fourth-order valence-electron chi connectivity index (χ4n) is 2.91. The van der Waals surface area contributed by atoms with E-state index in [0.29, 0.717) is 12.8 Å². The Kier molecular flexibility index (Phi) is 5.93. The third-order valence-corrected chi connectivity index (χ3v) is 4.19.